The van der Waals surface area contributed by atoms with E-state index >= 15 is 0 Å². The smallest absolute Gasteiger partial charge is 0.254 e. The fraction of sp³-hybridized carbons (Fsp3) is 0.167. The Morgan fingerprint density at radius 2 is 1.88 bits per heavy atom. The number of rotatable bonds is 2. The number of halogens is 1. The van der Waals surface area contributed by atoms with Crippen LogP contribution in [0.2, 0.25) is 0 Å². The number of nitrogens with zero attached hydrogens (tertiary/aromatic N) is 2. The van der Waals surface area contributed by atoms with Crippen molar-refractivity contribution in [2.75, 3.05) is 0 Å². The molecule has 120 valence electrons. The highest BCUT2D eigenvalue weighted by molar-refractivity contribution is 5.97. The Morgan fingerprint density at radius 3 is 2.62 bits per heavy atom. The zero-order valence-corrected chi connectivity index (χ0v) is 12.6. The van der Waals surface area contributed by atoms with E-state index in [9.17, 15) is 14.3 Å². The van der Waals surface area contributed by atoms with Gasteiger partial charge in [0.1, 0.15) is 5.82 Å². The zero-order chi connectivity index (χ0) is 16.7. The van der Waals surface area contributed by atoms with Gasteiger partial charge in [-0.2, -0.15) is 0 Å². The van der Waals surface area contributed by atoms with Crippen LogP contribution < -0.4 is 5.32 Å². The minimum absolute atomic E-state index is 0.105. The number of aliphatic hydroxyl groups is 1. The highest BCUT2D eigenvalue weighted by Crippen LogP contribution is 2.31. The average Bonchev–Trinajstić information content (AvgIpc) is 2.90. The predicted octanol–water partition coefficient (Wildman–Crippen LogP) is 2.16. The second kappa shape index (κ2) is 5.65. The van der Waals surface area contributed by atoms with Crippen molar-refractivity contribution in [1.82, 2.24) is 15.3 Å². The first kappa shape index (κ1) is 14.7. The second-order valence-corrected chi connectivity index (χ2v) is 5.80. The van der Waals surface area contributed by atoms with Gasteiger partial charge in [-0.1, -0.05) is 24.3 Å². The van der Waals surface area contributed by atoms with Gasteiger partial charge in [0.15, 0.2) is 0 Å². The lowest BCUT2D eigenvalue weighted by molar-refractivity contribution is 0.0855. The van der Waals surface area contributed by atoms with Crippen LogP contribution in [0.15, 0.2) is 48.8 Å². The van der Waals surface area contributed by atoms with Crippen LogP contribution in [0, 0.1) is 5.82 Å². The van der Waals surface area contributed by atoms with E-state index in [0.29, 0.717) is 17.5 Å². The van der Waals surface area contributed by atoms with Crippen molar-refractivity contribution in [3.63, 3.8) is 0 Å². The van der Waals surface area contributed by atoms with Gasteiger partial charge in [0, 0.05) is 18.5 Å². The third kappa shape index (κ3) is 2.41. The Labute approximate surface area is 137 Å². The molecule has 24 heavy (non-hydrogen) atoms. The molecule has 1 aromatic heterocycles. The summed E-state index contributed by atoms with van der Waals surface area (Å²) in [6.07, 6.45) is 2.67. The van der Waals surface area contributed by atoms with Crippen LogP contribution in [-0.4, -0.2) is 27.0 Å². The Hall–Kier alpha value is -2.86. The summed E-state index contributed by atoms with van der Waals surface area (Å²) in [5.74, 6) is -1.23. The van der Waals surface area contributed by atoms with Gasteiger partial charge in [-0.15, -0.1) is 0 Å². The fourth-order valence-corrected chi connectivity index (χ4v) is 3.11. The van der Waals surface area contributed by atoms with Gasteiger partial charge < -0.3 is 10.4 Å². The molecule has 1 aliphatic rings. The van der Waals surface area contributed by atoms with E-state index in [1.165, 1.54) is 24.5 Å². The van der Waals surface area contributed by atoms with E-state index in [0.717, 1.165) is 11.1 Å². The van der Waals surface area contributed by atoms with Crippen LogP contribution >= 0.6 is 0 Å². The molecule has 0 unspecified atom stereocenters. The largest absolute Gasteiger partial charge is 0.386 e. The van der Waals surface area contributed by atoms with Gasteiger partial charge in [-0.25, -0.2) is 4.39 Å². The third-order valence-electron chi connectivity index (χ3n) is 4.31. The number of carbonyl (C=O) groups excluding carboxylic acids is 1. The minimum Gasteiger partial charge on any atom is -0.386 e. The summed E-state index contributed by atoms with van der Waals surface area (Å²) >= 11 is 0. The lowest BCUT2D eigenvalue weighted by atomic mass is 10.1. The molecule has 2 aromatic carbocycles. The average molecular weight is 323 g/mol. The number of aliphatic hydroxyl groups excluding tert-OH is 1. The lowest BCUT2D eigenvalue weighted by Crippen LogP contribution is -2.38. The SMILES string of the molecule is O=C(N[C@H]1Cc2ccccc2[C@H]1O)c1cc2nccnc2cc1F. The fourth-order valence-electron chi connectivity index (χ4n) is 3.11. The summed E-state index contributed by atoms with van der Waals surface area (Å²) in [5.41, 5.74) is 2.51. The van der Waals surface area contributed by atoms with Crippen LogP contribution in [0.5, 0.6) is 0 Å². The van der Waals surface area contributed by atoms with Crippen molar-refractivity contribution < 1.29 is 14.3 Å². The van der Waals surface area contributed by atoms with E-state index in [-0.39, 0.29) is 5.56 Å². The molecule has 0 spiro atoms. The number of amides is 1. The van der Waals surface area contributed by atoms with Gasteiger partial charge in [0.25, 0.3) is 5.91 Å². The highest BCUT2D eigenvalue weighted by atomic mass is 19.1. The molecule has 2 atom stereocenters. The maximum Gasteiger partial charge on any atom is 0.254 e. The molecule has 0 saturated heterocycles. The molecular formula is C18H14FN3O2. The molecule has 1 heterocycles. The number of hydrogen-bond acceptors (Lipinski definition) is 4. The summed E-state index contributed by atoms with van der Waals surface area (Å²) in [4.78, 5) is 20.5. The minimum atomic E-state index is -0.798. The van der Waals surface area contributed by atoms with Crippen molar-refractivity contribution in [2.24, 2.45) is 0 Å². The second-order valence-electron chi connectivity index (χ2n) is 5.80. The number of nitrogens with one attached hydrogen (secondary N) is 1. The van der Waals surface area contributed by atoms with Crippen molar-refractivity contribution >= 4 is 16.9 Å². The van der Waals surface area contributed by atoms with Crippen LogP contribution in [0.3, 0.4) is 0 Å². The van der Waals surface area contributed by atoms with Gasteiger partial charge >= 0.3 is 0 Å². The van der Waals surface area contributed by atoms with E-state index in [1.807, 2.05) is 24.3 Å². The van der Waals surface area contributed by atoms with Gasteiger partial charge in [0.2, 0.25) is 0 Å². The Bertz CT molecular complexity index is 944. The van der Waals surface area contributed by atoms with Gasteiger partial charge in [-0.05, 0) is 23.6 Å². The molecule has 0 aliphatic heterocycles. The summed E-state index contributed by atoms with van der Waals surface area (Å²) in [6, 6.07) is 9.56. The maximum atomic E-state index is 14.2. The molecule has 0 radical (unpaired) electrons. The van der Waals surface area contributed by atoms with Crippen LogP contribution in [0.1, 0.15) is 27.6 Å². The van der Waals surface area contributed by atoms with Crippen molar-refractivity contribution in [3.8, 4) is 0 Å². The third-order valence-corrected chi connectivity index (χ3v) is 4.31. The first-order valence-electron chi connectivity index (χ1n) is 7.60. The predicted molar refractivity (Wildman–Crippen MR) is 85.9 cm³/mol. The van der Waals surface area contributed by atoms with Crippen LogP contribution in [-0.2, 0) is 6.42 Å². The molecule has 2 N–H and O–H groups in total. The first-order chi connectivity index (χ1) is 11.6. The molecule has 1 amide bonds. The van der Waals surface area contributed by atoms with Crippen molar-refractivity contribution in [3.05, 3.63) is 71.3 Å². The Balaban J connectivity index is 1.60. The molecule has 5 nitrogen and oxygen atoms in total. The molecule has 6 heteroatoms. The number of hydrogen-bond donors (Lipinski definition) is 2. The van der Waals surface area contributed by atoms with Crippen LogP contribution in [0.25, 0.3) is 11.0 Å². The first-order valence-corrected chi connectivity index (χ1v) is 7.60. The van der Waals surface area contributed by atoms with E-state index in [2.05, 4.69) is 15.3 Å². The molecule has 0 saturated carbocycles. The van der Waals surface area contributed by atoms with Crippen molar-refractivity contribution in [2.45, 2.75) is 18.6 Å². The normalized spacial score (nSPS) is 19.2. The van der Waals surface area contributed by atoms with Crippen LogP contribution in [0.4, 0.5) is 4.39 Å². The molecule has 1 aliphatic carbocycles. The summed E-state index contributed by atoms with van der Waals surface area (Å²) in [6.45, 7) is 0. The Kier molecular flexibility index (Phi) is 3.46. The van der Waals surface area contributed by atoms with Gasteiger partial charge in [0.05, 0.1) is 28.7 Å². The summed E-state index contributed by atoms with van der Waals surface area (Å²) in [5, 5.41) is 13.1. The lowest BCUT2D eigenvalue weighted by Gasteiger charge is -2.17. The Morgan fingerprint density at radius 1 is 1.17 bits per heavy atom. The maximum absolute atomic E-state index is 14.2. The van der Waals surface area contributed by atoms with E-state index in [4.69, 9.17) is 0 Å². The zero-order valence-electron chi connectivity index (χ0n) is 12.6. The number of carbonyl (C=O) groups is 1. The van der Waals surface area contributed by atoms with Crippen molar-refractivity contribution in [1.29, 1.82) is 0 Å². The van der Waals surface area contributed by atoms with Gasteiger partial charge in [-0.3, -0.25) is 14.8 Å². The molecule has 3 aromatic rings. The molecular weight excluding hydrogens is 309 g/mol. The molecule has 0 fully saturated rings. The van der Waals surface area contributed by atoms with E-state index in [1.54, 1.807) is 0 Å². The number of aromatic nitrogens is 2. The summed E-state index contributed by atoms with van der Waals surface area (Å²) in [7, 11) is 0. The standard InChI is InChI=1S/C18H14FN3O2/c19-13-9-15-14(20-5-6-21-15)8-12(13)18(24)22-16-7-10-3-1-2-4-11(10)17(16)23/h1-6,8-9,16-17,23H,7H2,(H,22,24)/t16-,17+/m0/s1. The van der Waals surface area contributed by atoms with E-state index < -0.39 is 23.9 Å². The number of benzene rings is 2. The quantitative estimate of drug-likeness (QED) is 0.758. The number of fused-ring (bicyclic) bond motifs is 2. The topological polar surface area (TPSA) is 75.1 Å². The summed E-state index contributed by atoms with van der Waals surface area (Å²) < 4.78 is 14.2. The monoisotopic (exact) mass is 323 g/mol. The highest BCUT2D eigenvalue weighted by Gasteiger charge is 2.32. The molecule has 0 bridgehead atoms. The molecule has 4 rings (SSSR count).